The maximum Gasteiger partial charge on any atom is 1.00 e. The van der Waals surface area contributed by atoms with Gasteiger partial charge in [-0.3, -0.25) is 0 Å². The molecule has 0 spiro atoms. The molecule has 15 heavy (non-hydrogen) atoms. The zero-order chi connectivity index (χ0) is 10.2. The number of carbonyl (C=O) groups excluding carboxylic acids is 1. The van der Waals surface area contributed by atoms with E-state index in [9.17, 15) is 9.90 Å². The summed E-state index contributed by atoms with van der Waals surface area (Å²) in [6.45, 7) is 0.424. The van der Waals surface area contributed by atoms with Gasteiger partial charge >= 0.3 is 35.5 Å². The van der Waals surface area contributed by atoms with Gasteiger partial charge in [-0.15, -0.1) is 0 Å². The quantitative estimate of drug-likeness (QED) is 0.318. The maximum atomic E-state index is 10.8. The normalized spacial score (nSPS) is 26.5. The molecule has 1 heterocycles. The molecule has 0 amide bonds. The van der Waals surface area contributed by atoms with Crippen molar-refractivity contribution in [3.05, 3.63) is 11.5 Å². The Morgan fingerprint density at radius 1 is 1.60 bits per heavy atom. The molecule has 0 aromatic rings. The van der Waals surface area contributed by atoms with Crippen LogP contribution in [0, 0.1) is 0 Å². The standard InChI is InChI=1S/C7H10O6.Na.H2O/c1-7(3(9)2-8)5(11)4(10)6(12)13-7;;/h3,8-11H,2H2,1H3;;1H2/q;+1;/p-1/t3?,7-;;/m1../s1. The summed E-state index contributed by atoms with van der Waals surface area (Å²) >= 11 is 0. The number of cyclic esters (lactones) is 1. The van der Waals surface area contributed by atoms with Gasteiger partial charge in [-0.05, 0) is 6.92 Å². The molecule has 1 aliphatic rings. The Bertz CT molecular complexity index is 277. The van der Waals surface area contributed by atoms with E-state index in [1.165, 1.54) is 0 Å². The molecule has 8 heteroatoms. The van der Waals surface area contributed by atoms with Gasteiger partial charge in [0, 0.05) is 5.76 Å². The van der Waals surface area contributed by atoms with Crippen LogP contribution in [0.1, 0.15) is 6.92 Å². The molecule has 1 aliphatic heterocycles. The van der Waals surface area contributed by atoms with E-state index >= 15 is 0 Å². The van der Waals surface area contributed by atoms with Crippen molar-refractivity contribution in [2.45, 2.75) is 18.6 Å². The molecule has 1 unspecified atom stereocenters. The smallest absolute Gasteiger partial charge is 0.865 e. The Kier molecular flexibility index (Phi) is 6.48. The molecular formula is C7H11NaO7. The first-order valence-electron chi connectivity index (χ1n) is 3.56. The molecule has 0 aliphatic carbocycles. The van der Waals surface area contributed by atoms with Crippen molar-refractivity contribution in [1.82, 2.24) is 0 Å². The van der Waals surface area contributed by atoms with Crippen molar-refractivity contribution < 1.29 is 65.0 Å². The van der Waals surface area contributed by atoms with Crippen molar-refractivity contribution >= 4 is 5.97 Å². The van der Waals surface area contributed by atoms with Crippen LogP contribution in [-0.2, 0) is 9.53 Å². The zero-order valence-corrected chi connectivity index (χ0v) is 10.4. The van der Waals surface area contributed by atoms with E-state index in [1.54, 1.807) is 0 Å². The van der Waals surface area contributed by atoms with Crippen molar-refractivity contribution in [2.75, 3.05) is 6.61 Å². The molecule has 0 saturated carbocycles. The van der Waals surface area contributed by atoms with Crippen LogP contribution < -0.4 is 34.7 Å². The largest absolute Gasteiger partial charge is 1.00 e. The van der Waals surface area contributed by atoms with Crippen LogP contribution in [0.3, 0.4) is 0 Å². The van der Waals surface area contributed by atoms with E-state index in [0.29, 0.717) is 0 Å². The Balaban J connectivity index is 0. The number of hydrogen-bond donors (Lipinski definition) is 3. The molecule has 7 nitrogen and oxygen atoms in total. The van der Waals surface area contributed by atoms with Crippen LogP contribution in [0.2, 0.25) is 0 Å². The second-order valence-corrected chi connectivity index (χ2v) is 2.87. The topological polar surface area (TPSA) is 142 Å². The Hall–Kier alpha value is -0.310. The first-order valence-corrected chi connectivity index (χ1v) is 3.56. The summed E-state index contributed by atoms with van der Waals surface area (Å²) < 4.78 is 4.44. The SMILES string of the molecule is C[C@]1(C(O)CO)OC(=O)C([O-])=C1O.O.[Na+]. The van der Waals surface area contributed by atoms with E-state index in [2.05, 4.69) is 4.74 Å². The molecule has 0 aromatic carbocycles. The molecule has 0 fully saturated rings. The molecule has 0 aromatic heterocycles. The van der Waals surface area contributed by atoms with Crippen LogP contribution in [0.5, 0.6) is 0 Å². The molecule has 0 saturated heterocycles. The van der Waals surface area contributed by atoms with Gasteiger partial charge in [-0.2, -0.15) is 0 Å². The summed E-state index contributed by atoms with van der Waals surface area (Å²) in [4.78, 5) is 10.7. The maximum absolute atomic E-state index is 10.8. The predicted octanol–water partition coefficient (Wildman–Crippen LogP) is -6.04. The summed E-state index contributed by atoms with van der Waals surface area (Å²) in [6.07, 6.45) is -1.51. The van der Waals surface area contributed by atoms with Crippen LogP contribution in [0.25, 0.3) is 0 Å². The minimum Gasteiger partial charge on any atom is -0.865 e. The number of aliphatic hydroxyl groups is 3. The van der Waals surface area contributed by atoms with E-state index in [0.717, 1.165) is 6.92 Å². The first kappa shape index (κ1) is 17.1. The van der Waals surface area contributed by atoms with Crippen molar-refractivity contribution in [2.24, 2.45) is 0 Å². The fourth-order valence-corrected chi connectivity index (χ4v) is 1.01. The van der Waals surface area contributed by atoms with Crippen molar-refractivity contribution in [3.8, 4) is 0 Å². The molecule has 5 N–H and O–H groups in total. The molecular weight excluding hydrogens is 219 g/mol. The fraction of sp³-hybridized carbons (Fsp3) is 0.571. The predicted molar refractivity (Wildman–Crippen MR) is 40.9 cm³/mol. The third kappa shape index (κ3) is 2.63. The Morgan fingerprint density at radius 3 is 2.33 bits per heavy atom. The Morgan fingerprint density at radius 2 is 2.07 bits per heavy atom. The third-order valence-electron chi connectivity index (χ3n) is 1.98. The molecule has 0 bridgehead atoms. The van der Waals surface area contributed by atoms with Gasteiger partial charge < -0.3 is 30.6 Å². The summed E-state index contributed by atoms with van der Waals surface area (Å²) in [5.74, 6) is -3.29. The number of ether oxygens (including phenoxy) is 1. The van der Waals surface area contributed by atoms with Crippen LogP contribution in [0.15, 0.2) is 11.5 Å². The van der Waals surface area contributed by atoms with Gasteiger partial charge in [0.15, 0.2) is 5.60 Å². The summed E-state index contributed by atoms with van der Waals surface area (Å²) in [6, 6.07) is 0. The van der Waals surface area contributed by atoms with Crippen LogP contribution in [-0.4, -0.2) is 45.1 Å². The van der Waals surface area contributed by atoms with Gasteiger partial charge in [0.05, 0.1) is 6.61 Å². The first-order chi connectivity index (χ1) is 5.93. The van der Waals surface area contributed by atoms with E-state index in [4.69, 9.17) is 15.3 Å². The minimum absolute atomic E-state index is 0. The van der Waals surface area contributed by atoms with Crippen LogP contribution in [0.4, 0.5) is 0 Å². The monoisotopic (exact) mass is 230 g/mol. The van der Waals surface area contributed by atoms with Gasteiger partial charge in [0.1, 0.15) is 11.9 Å². The van der Waals surface area contributed by atoms with Crippen molar-refractivity contribution in [1.29, 1.82) is 0 Å². The zero-order valence-electron chi connectivity index (χ0n) is 8.35. The number of carbonyl (C=O) groups is 1. The summed E-state index contributed by atoms with van der Waals surface area (Å²) in [5, 5.41) is 37.7. The average Bonchev–Trinajstić information content (AvgIpc) is 2.30. The number of hydrogen-bond acceptors (Lipinski definition) is 6. The third-order valence-corrected chi connectivity index (χ3v) is 1.98. The summed E-state index contributed by atoms with van der Waals surface area (Å²) in [5.41, 5.74) is -1.82. The molecule has 0 radical (unpaired) electrons. The Labute approximate surface area is 108 Å². The molecule has 1 rings (SSSR count). The van der Waals surface area contributed by atoms with Crippen molar-refractivity contribution in [3.63, 3.8) is 0 Å². The van der Waals surface area contributed by atoms with E-state index < -0.39 is 35.8 Å². The van der Waals surface area contributed by atoms with Gasteiger partial charge in [-0.1, -0.05) is 0 Å². The molecule has 2 atom stereocenters. The average molecular weight is 230 g/mol. The number of esters is 1. The van der Waals surface area contributed by atoms with E-state index in [-0.39, 0.29) is 35.0 Å². The van der Waals surface area contributed by atoms with Gasteiger partial charge in [0.25, 0.3) is 0 Å². The van der Waals surface area contributed by atoms with Gasteiger partial charge in [0.2, 0.25) is 0 Å². The minimum atomic E-state index is -1.82. The second-order valence-electron chi connectivity index (χ2n) is 2.87. The molecule has 82 valence electrons. The van der Waals surface area contributed by atoms with Crippen LogP contribution >= 0.6 is 0 Å². The number of aliphatic hydroxyl groups excluding tert-OH is 3. The van der Waals surface area contributed by atoms with Gasteiger partial charge in [-0.25, -0.2) is 4.79 Å². The number of rotatable bonds is 2. The van der Waals surface area contributed by atoms with E-state index in [1.807, 2.05) is 0 Å². The second kappa shape index (κ2) is 5.69. The summed E-state index contributed by atoms with van der Waals surface area (Å²) in [7, 11) is 0. The fourth-order valence-electron chi connectivity index (χ4n) is 1.01.